The van der Waals surface area contributed by atoms with Crippen molar-refractivity contribution in [2.45, 2.75) is 0 Å². The Morgan fingerprint density at radius 3 is 2.88 bits per heavy atom. The van der Waals surface area contributed by atoms with E-state index in [0.717, 1.165) is 10.9 Å². The molecule has 80 valence electrons. The molecule has 0 aliphatic heterocycles. The summed E-state index contributed by atoms with van der Waals surface area (Å²) in [6.07, 6.45) is 2.03. The van der Waals surface area contributed by atoms with Gasteiger partial charge >= 0.3 is 0 Å². The summed E-state index contributed by atoms with van der Waals surface area (Å²) < 4.78 is 6.78. The third-order valence-electron chi connectivity index (χ3n) is 2.54. The monoisotopic (exact) mass is 249 g/mol. The van der Waals surface area contributed by atoms with E-state index in [1.54, 1.807) is 0 Å². The number of aryl methyl sites for hydroxylation is 1. The molecule has 3 aromatic rings. The Morgan fingerprint density at radius 2 is 2.12 bits per heavy atom. The van der Waals surface area contributed by atoms with Crippen LogP contribution in [0.15, 0.2) is 30.5 Å². The Bertz CT molecular complexity index is 656. The number of fused-ring (bicyclic) bond motifs is 1. The van der Waals surface area contributed by atoms with E-state index in [9.17, 15) is 0 Å². The SMILES string of the molecule is Cn1cc(-c2nsc(Cl)n2)c2ccccc21. The number of para-hydroxylation sites is 1. The third-order valence-corrected chi connectivity index (χ3v) is 3.34. The fourth-order valence-corrected chi connectivity index (χ4v) is 2.45. The summed E-state index contributed by atoms with van der Waals surface area (Å²) in [5, 5.41) is 1.15. The summed E-state index contributed by atoms with van der Waals surface area (Å²) in [6.45, 7) is 0. The predicted molar refractivity (Wildman–Crippen MR) is 66.8 cm³/mol. The van der Waals surface area contributed by atoms with Crippen molar-refractivity contribution in [2.75, 3.05) is 0 Å². The molecule has 0 N–H and O–H groups in total. The van der Waals surface area contributed by atoms with Crippen molar-refractivity contribution in [3.8, 4) is 11.4 Å². The Hall–Kier alpha value is -1.39. The number of nitrogens with zero attached hydrogens (tertiary/aromatic N) is 3. The van der Waals surface area contributed by atoms with Crippen LogP contribution in [0.1, 0.15) is 0 Å². The molecular weight excluding hydrogens is 242 g/mol. The minimum atomic E-state index is 0.475. The van der Waals surface area contributed by atoms with Crippen LogP contribution < -0.4 is 0 Å². The molecule has 0 amide bonds. The van der Waals surface area contributed by atoms with E-state index in [4.69, 9.17) is 11.6 Å². The molecule has 0 aliphatic carbocycles. The zero-order chi connectivity index (χ0) is 11.1. The number of rotatable bonds is 1. The molecule has 3 nitrogen and oxygen atoms in total. The number of benzene rings is 1. The molecule has 0 bridgehead atoms. The molecule has 0 unspecified atom stereocenters. The molecule has 0 saturated heterocycles. The molecule has 0 fully saturated rings. The Morgan fingerprint density at radius 1 is 1.31 bits per heavy atom. The second-order valence-corrected chi connectivity index (χ2v) is 4.88. The molecule has 5 heteroatoms. The van der Waals surface area contributed by atoms with Gasteiger partial charge in [-0.25, -0.2) is 4.98 Å². The van der Waals surface area contributed by atoms with Crippen molar-refractivity contribution < 1.29 is 0 Å². The lowest BCUT2D eigenvalue weighted by atomic mass is 10.2. The first-order valence-electron chi connectivity index (χ1n) is 4.79. The van der Waals surface area contributed by atoms with Crippen LogP contribution in [-0.4, -0.2) is 13.9 Å². The Labute approximate surface area is 101 Å². The van der Waals surface area contributed by atoms with Gasteiger partial charge in [0.2, 0.25) is 4.47 Å². The fourth-order valence-electron chi connectivity index (χ4n) is 1.83. The van der Waals surface area contributed by atoms with E-state index in [-0.39, 0.29) is 0 Å². The van der Waals surface area contributed by atoms with Crippen molar-refractivity contribution in [3.63, 3.8) is 0 Å². The van der Waals surface area contributed by atoms with Gasteiger partial charge in [-0.2, -0.15) is 4.37 Å². The van der Waals surface area contributed by atoms with Crippen molar-refractivity contribution in [1.29, 1.82) is 0 Å². The molecule has 1 aromatic carbocycles. The minimum absolute atomic E-state index is 0.475. The van der Waals surface area contributed by atoms with E-state index in [1.165, 1.54) is 17.0 Å². The van der Waals surface area contributed by atoms with Gasteiger partial charge in [0.05, 0.1) is 0 Å². The summed E-state index contributed by atoms with van der Waals surface area (Å²) in [6, 6.07) is 8.18. The van der Waals surface area contributed by atoms with Crippen LogP contribution >= 0.6 is 23.1 Å². The minimum Gasteiger partial charge on any atom is -0.350 e. The zero-order valence-electron chi connectivity index (χ0n) is 8.51. The number of aromatic nitrogens is 3. The maximum absolute atomic E-state index is 5.81. The highest BCUT2D eigenvalue weighted by atomic mass is 35.5. The normalized spacial score (nSPS) is 11.1. The predicted octanol–water partition coefficient (Wildman–Crippen LogP) is 3.35. The highest BCUT2D eigenvalue weighted by Crippen LogP contribution is 2.29. The van der Waals surface area contributed by atoms with E-state index in [0.29, 0.717) is 10.3 Å². The standard InChI is InChI=1S/C11H8ClN3S/c1-15-6-8(10-13-11(12)16-14-10)7-4-2-3-5-9(7)15/h2-6H,1H3. The first-order valence-corrected chi connectivity index (χ1v) is 5.94. The van der Waals surface area contributed by atoms with Crippen LogP contribution in [0.4, 0.5) is 0 Å². The van der Waals surface area contributed by atoms with Crippen molar-refractivity contribution in [1.82, 2.24) is 13.9 Å². The molecule has 0 spiro atoms. The summed E-state index contributed by atoms with van der Waals surface area (Å²) in [5.74, 6) is 0.701. The number of hydrogen-bond acceptors (Lipinski definition) is 3. The summed E-state index contributed by atoms with van der Waals surface area (Å²) in [4.78, 5) is 4.20. The van der Waals surface area contributed by atoms with E-state index in [2.05, 4.69) is 26.1 Å². The second kappa shape index (κ2) is 3.57. The largest absolute Gasteiger partial charge is 0.350 e. The molecule has 0 saturated carbocycles. The van der Waals surface area contributed by atoms with Gasteiger partial charge in [-0.3, -0.25) is 0 Å². The smallest absolute Gasteiger partial charge is 0.203 e. The van der Waals surface area contributed by atoms with Gasteiger partial charge in [0, 0.05) is 29.7 Å². The van der Waals surface area contributed by atoms with Gasteiger partial charge < -0.3 is 4.57 Å². The highest BCUT2D eigenvalue weighted by molar-refractivity contribution is 7.10. The van der Waals surface area contributed by atoms with Gasteiger partial charge in [0.15, 0.2) is 5.82 Å². The first-order chi connectivity index (χ1) is 7.75. The summed E-state index contributed by atoms with van der Waals surface area (Å²) in [5.41, 5.74) is 2.20. The third kappa shape index (κ3) is 1.42. The Kier molecular flexibility index (Phi) is 2.19. The van der Waals surface area contributed by atoms with Crippen LogP contribution in [0.2, 0.25) is 4.47 Å². The summed E-state index contributed by atoms with van der Waals surface area (Å²) in [7, 11) is 2.01. The van der Waals surface area contributed by atoms with Gasteiger partial charge in [-0.15, -0.1) is 0 Å². The molecule has 2 aromatic heterocycles. The van der Waals surface area contributed by atoms with Gasteiger partial charge in [0.25, 0.3) is 0 Å². The highest BCUT2D eigenvalue weighted by Gasteiger charge is 2.11. The maximum Gasteiger partial charge on any atom is 0.203 e. The molecule has 3 rings (SSSR count). The molecule has 0 atom stereocenters. The average Bonchev–Trinajstić information content (AvgIpc) is 2.84. The quantitative estimate of drug-likeness (QED) is 0.662. The zero-order valence-corrected chi connectivity index (χ0v) is 10.1. The lowest BCUT2D eigenvalue weighted by Crippen LogP contribution is -1.81. The van der Waals surface area contributed by atoms with Gasteiger partial charge in [-0.05, 0) is 29.2 Å². The van der Waals surface area contributed by atoms with Gasteiger partial charge in [-0.1, -0.05) is 18.2 Å². The maximum atomic E-state index is 5.81. The fraction of sp³-hybridized carbons (Fsp3) is 0.0909. The molecule has 0 radical (unpaired) electrons. The van der Waals surface area contributed by atoms with Crippen LogP contribution in [0.25, 0.3) is 22.3 Å². The topological polar surface area (TPSA) is 30.7 Å². The lowest BCUT2D eigenvalue weighted by Gasteiger charge is -1.93. The second-order valence-electron chi connectivity index (χ2n) is 3.54. The molecule has 0 aliphatic rings. The van der Waals surface area contributed by atoms with E-state index in [1.807, 2.05) is 25.4 Å². The van der Waals surface area contributed by atoms with Crippen molar-refractivity contribution in [3.05, 3.63) is 34.9 Å². The van der Waals surface area contributed by atoms with Crippen molar-refractivity contribution >= 4 is 34.0 Å². The van der Waals surface area contributed by atoms with Gasteiger partial charge in [0.1, 0.15) is 0 Å². The van der Waals surface area contributed by atoms with E-state index >= 15 is 0 Å². The van der Waals surface area contributed by atoms with Crippen molar-refractivity contribution in [2.24, 2.45) is 7.05 Å². The summed E-state index contributed by atoms with van der Waals surface area (Å²) >= 11 is 7.02. The molecule has 16 heavy (non-hydrogen) atoms. The molecule has 2 heterocycles. The molecular formula is C11H8ClN3S. The lowest BCUT2D eigenvalue weighted by molar-refractivity contribution is 0.969. The average molecular weight is 250 g/mol. The first kappa shape index (κ1) is 9.81. The van der Waals surface area contributed by atoms with Crippen LogP contribution in [0.3, 0.4) is 0 Å². The number of halogens is 1. The Balaban J connectivity index is 2.32. The van der Waals surface area contributed by atoms with E-state index < -0.39 is 0 Å². The number of hydrogen-bond donors (Lipinski definition) is 0. The van der Waals surface area contributed by atoms with Crippen LogP contribution in [0, 0.1) is 0 Å². The van der Waals surface area contributed by atoms with Crippen LogP contribution in [-0.2, 0) is 7.05 Å². The van der Waals surface area contributed by atoms with Crippen LogP contribution in [0.5, 0.6) is 0 Å².